The van der Waals surface area contributed by atoms with Crippen LogP contribution >= 0.6 is 0 Å². The Balaban J connectivity index is 1.71. The van der Waals surface area contributed by atoms with Crippen LogP contribution < -0.4 is 21.9 Å². The Hall–Kier alpha value is -2.19. The Morgan fingerprint density at radius 3 is 2.77 bits per heavy atom. The first kappa shape index (κ1) is 16.0. The largest absolute Gasteiger partial charge is 0.374 e. The molecule has 1 aromatic heterocycles. The van der Waals surface area contributed by atoms with Crippen LogP contribution in [0.5, 0.6) is 0 Å². The van der Waals surface area contributed by atoms with Crippen LogP contribution in [0.2, 0.25) is 0 Å². The number of ether oxygens (including phenoxy) is 1. The molecular formula is C18H21FN4O3. The number of rotatable bonds is 2. The Kier molecular flexibility index (Phi) is 3.33. The number of hydrogen-bond acceptors (Lipinski definition) is 5. The first-order valence-electron chi connectivity index (χ1n) is 9.05. The third kappa shape index (κ3) is 2.18. The summed E-state index contributed by atoms with van der Waals surface area (Å²) in [7, 11) is 0. The maximum atomic E-state index is 15.0. The third-order valence-corrected chi connectivity index (χ3v) is 5.98. The zero-order valence-corrected chi connectivity index (χ0v) is 14.5. The number of fused-ring (bicyclic) bond motifs is 2. The molecule has 5 rings (SSSR count). The van der Waals surface area contributed by atoms with Gasteiger partial charge in [-0.3, -0.25) is 14.3 Å². The molecule has 1 aliphatic carbocycles. The molecule has 2 aromatic rings. The summed E-state index contributed by atoms with van der Waals surface area (Å²) < 4.78 is 22.3. The first-order chi connectivity index (χ1) is 12.5. The molecule has 2 aliphatic heterocycles. The van der Waals surface area contributed by atoms with Gasteiger partial charge >= 0.3 is 5.69 Å². The van der Waals surface area contributed by atoms with Crippen molar-refractivity contribution in [2.24, 2.45) is 11.7 Å². The Morgan fingerprint density at radius 2 is 2.08 bits per heavy atom. The fourth-order valence-electron chi connectivity index (χ4n) is 4.56. The fraction of sp³-hybridized carbons (Fsp3) is 0.556. The molecule has 0 bridgehead atoms. The number of benzene rings is 1. The van der Waals surface area contributed by atoms with Crippen molar-refractivity contribution in [3.05, 3.63) is 38.3 Å². The van der Waals surface area contributed by atoms with E-state index in [2.05, 4.69) is 4.98 Å². The average molecular weight is 360 g/mol. The van der Waals surface area contributed by atoms with Gasteiger partial charge in [0.1, 0.15) is 5.82 Å². The Labute approximate surface area is 148 Å². The Morgan fingerprint density at radius 1 is 1.31 bits per heavy atom. The van der Waals surface area contributed by atoms with Crippen molar-refractivity contribution in [1.82, 2.24) is 9.55 Å². The highest BCUT2D eigenvalue weighted by molar-refractivity contribution is 5.87. The number of aromatic nitrogens is 2. The van der Waals surface area contributed by atoms with Crippen molar-refractivity contribution in [2.45, 2.75) is 38.0 Å². The molecule has 26 heavy (non-hydrogen) atoms. The summed E-state index contributed by atoms with van der Waals surface area (Å²) in [4.78, 5) is 28.9. The summed E-state index contributed by atoms with van der Waals surface area (Å²) in [5, 5.41) is 0.225. The van der Waals surface area contributed by atoms with Crippen LogP contribution in [-0.4, -0.2) is 41.4 Å². The molecule has 1 aromatic carbocycles. The van der Waals surface area contributed by atoms with Crippen molar-refractivity contribution < 1.29 is 9.13 Å². The van der Waals surface area contributed by atoms with E-state index in [0.29, 0.717) is 36.5 Å². The standard InChI is InChI=1S/C18H21FN4O3/c1-8-15-10(17(24)21-18(25)23(15)9-2-3-9)4-12(19)16(8)22-5-11-13(20)7-26-14(11)6-22/h4,9,11,13-14H,2-3,5-7,20H2,1H3,(H,21,24,25). The zero-order chi connectivity index (χ0) is 18.2. The highest BCUT2D eigenvalue weighted by Crippen LogP contribution is 2.40. The second kappa shape index (κ2) is 5.40. The van der Waals surface area contributed by atoms with Crippen LogP contribution in [0, 0.1) is 18.7 Å². The molecule has 3 aliphatic rings. The topological polar surface area (TPSA) is 93.3 Å². The molecular weight excluding hydrogens is 339 g/mol. The summed E-state index contributed by atoms with van der Waals surface area (Å²) in [5.74, 6) is -0.274. The lowest BCUT2D eigenvalue weighted by Crippen LogP contribution is -2.34. The number of halogens is 1. The average Bonchev–Trinajstić information content (AvgIpc) is 3.24. The van der Waals surface area contributed by atoms with Crippen molar-refractivity contribution in [3.8, 4) is 0 Å². The molecule has 3 heterocycles. The van der Waals surface area contributed by atoms with Crippen LogP contribution in [0.1, 0.15) is 24.4 Å². The predicted octanol–water partition coefficient (Wildman–Crippen LogP) is 0.635. The van der Waals surface area contributed by atoms with Gasteiger partial charge in [-0.1, -0.05) is 0 Å². The van der Waals surface area contributed by atoms with E-state index in [4.69, 9.17) is 10.5 Å². The van der Waals surface area contributed by atoms with Gasteiger partial charge < -0.3 is 15.4 Å². The molecule has 3 fully saturated rings. The summed E-state index contributed by atoms with van der Waals surface area (Å²) in [6.07, 6.45) is 1.79. The van der Waals surface area contributed by atoms with Crippen LogP contribution in [0.15, 0.2) is 15.7 Å². The van der Waals surface area contributed by atoms with Gasteiger partial charge in [0.15, 0.2) is 0 Å². The quantitative estimate of drug-likeness (QED) is 0.820. The van der Waals surface area contributed by atoms with Crippen molar-refractivity contribution >= 4 is 16.6 Å². The molecule has 3 N–H and O–H groups in total. The van der Waals surface area contributed by atoms with E-state index in [9.17, 15) is 14.0 Å². The number of nitrogens with two attached hydrogens (primary N) is 1. The van der Waals surface area contributed by atoms with Crippen LogP contribution in [0.4, 0.5) is 10.1 Å². The lowest BCUT2D eigenvalue weighted by atomic mass is 10.0. The second-order valence-corrected chi connectivity index (χ2v) is 7.69. The summed E-state index contributed by atoms with van der Waals surface area (Å²) in [6, 6.07) is 1.29. The molecule has 8 heteroatoms. The molecule has 0 spiro atoms. The number of H-pyrrole nitrogens is 1. The second-order valence-electron chi connectivity index (χ2n) is 7.69. The van der Waals surface area contributed by atoms with E-state index in [1.54, 1.807) is 11.5 Å². The lowest BCUT2D eigenvalue weighted by Gasteiger charge is -2.24. The molecule has 2 saturated heterocycles. The van der Waals surface area contributed by atoms with Gasteiger partial charge in [-0.15, -0.1) is 0 Å². The zero-order valence-electron chi connectivity index (χ0n) is 14.5. The van der Waals surface area contributed by atoms with E-state index in [0.717, 1.165) is 12.8 Å². The maximum absolute atomic E-state index is 15.0. The van der Waals surface area contributed by atoms with Crippen LogP contribution in [-0.2, 0) is 4.74 Å². The first-order valence-corrected chi connectivity index (χ1v) is 9.05. The predicted molar refractivity (Wildman–Crippen MR) is 95.2 cm³/mol. The minimum absolute atomic E-state index is 0.00398. The van der Waals surface area contributed by atoms with Gasteiger partial charge in [-0.05, 0) is 25.8 Å². The summed E-state index contributed by atoms with van der Waals surface area (Å²) in [5.41, 5.74) is 6.75. The van der Waals surface area contributed by atoms with Crippen molar-refractivity contribution in [1.29, 1.82) is 0 Å². The Bertz CT molecular complexity index is 1030. The van der Waals surface area contributed by atoms with Gasteiger partial charge in [0, 0.05) is 36.7 Å². The van der Waals surface area contributed by atoms with E-state index in [1.807, 2.05) is 4.90 Å². The molecule has 1 saturated carbocycles. The number of nitrogens with one attached hydrogen (secondary N) is 1. The third-order valence-electron chi connectivity index (χ3n) is 5.98. The summed E-state index contributed by atoms with van der Waals surface area (Å²) in [6.45, 7) is 3.51. The normalized spacial score (nSPS) is 28.1. The fourth-order valence-corrected chi connectivity index (χ4v) is 4.56. The molecule has 138 valence electrons. The van der Waals surface area contributed by atoms with Gasteiger partial charge in [-0.2, -0.15) is 0 Å². The minimum Gasteiger partial charge on any atom is -0.374 e. The lowest BCUT2D eigenvalue weighted by molar-refractivity contribution is 0.113. The van der Waals surface area contributed by atoms with E-state index >= 15 is 0 Å². The maximum Gasteiger partial charge on any atom is 0.329 e. The highest BCUT2D eigenvalue weighted by Gasteiger charge is 2.43. The molecule has 3 unspecified atom stereocenters. The molecule has 7 nitrogen and oxygen atoms in total. The SMILES string of the molecule is Cc1c(N2CC3OCC(N)C3C2)c(F)cc2c(=O)[nH]c(=O)n(C3CC3)c12. The van der Waals surface area contributed by atoms with Crippen molar-refractivity contribution in [3.63, 3.8) is 0 Å². The van der Waals surface area contributed by atoms with Gasteiger partial charge in [0.2, 0.25) is 0 Å². The number of hydrogen-bond donors (Lipinski definition) is 2. The summed E-state index contributed by atoms with van der Waals surface area (Å²) >= 11 is 0. The van der Waals surface area contributed by atoms with E-state index < -0.39 is 17.1 Å². The van der Waals surface area contributed by atoms with Gasteiger partial charge in [0.05, 0.1) is 29.3 Å². The molecule has 0 amide bonds. The number of nitrogens with zero attached hydrogens (tertiary/aromatic N) is 2. The van der Waals surface area contributed by atoms with Crippen LogP contribution in [0.25, 0.3) is 10.9 Å². The molecule has 3 atom stereocenters. The number of aromatic amines is 1. The monoisotopic (exact) mass is 360 g/mol. The number of aryl methyl sites for hydroxylation is 1. The van der Waals surface area contributed by atoms with Gasteiger partial charge in [0.25, 0.3) is 5.56 Å². The molecule has 0 radical (unpaired) electrons. The van der Waals surface area contributed by atoms with E-state index in [-0.39, 0.29) is 29.5 Å². The van der Waals surface area contributed by atoms with Crippen molar-refractivity contribution in [2.75, 3.05) is 24.6 Å². The number of anilines is 1. The highest BCUT2D eigenvalue weighted by atomic mass is 19.1. The van der Waals surface area contributed by atoms with E-state index in [1.165, 1.54) is 6.07 Å². The van der Waals surface area contributed by atoms with Crippen LogP contribution in [0.3, 0.4) is 0 Å². The van der Waals surface area contributed by atoms with Gasteiger partial charge in [-0.25, -0.2) is 9.18 Å². The minimum atomic E-state index is -0.543. The smallest absolute Gasteiger partial charge is 0.329 e.